The number of amides is 1. The van der Waals surface area contributed by atoms with Crippen molar-refractivity contribution in [3.63, 3.8) is 0 Å². The lowest BCUT2D eigenvalue weighted by Crippen LogP contribution is -2.33. The third-order valence-corrected chi connectivity index (χ3v) is 3.62. The second-order valence-corrected chi connectivity index (χ2v) is 5.31. The zero-order valence-corrected chi connectivity index (χ0v) is 13.0. The highest BCUT2D eigenvalue weighted by Crippen LogP contribution is 2.06. The van der Waals surface area contributed by atoms with Crippen LogP contribution in [0.3, 0.4) is 0 Å². The maximum atomic E-state index is 12.3. The molecule has 3 aromatic rings. The van der Waals surface area contributed by atoms with Gasteiger partial charge in [-0.3, -0.25) is 9.36 Å². The van der Waals surface area contributed by atoms with Crippen molar-refractivity contribution in [2.24, 2.45) is 0 Å². The van der Waals surface area contributed by atoms with Gasteiger partial charge in [0.15, 0.2) is 0 Å². The van der Waals surface area contributed by atoms with Crippen LogP contribution in [-0.2, 0) is 6.54 Å². The average Bonchev–Trinajstić information content (AvgIpc) is 2.98. The molecule has 7 nitrogen and oxygen atoms in total. The number of nitrogens with one attached hydrogen (secondary N) is 1. The Hall–Kier alpha value is -2.96. The van der Waals surface area contributed by atoms with Crippen LogP contribution in [-0.4, -0.2) is 31.6 Å². The fourth-order valence-corrected chi connectivity index (χ4v) is 2.54. The van der Waals surface area contributed by atoms with Crippen molar-refractivity contribution < 1.29 is 4.79 Å². The van der Waals surface area contributed by atoms with Gasteiger partial charge < -0.3 is 5.32 Å². The van der Waals surface area contributed by atoms with Crippen LogP contribution in [0, 0.1) is 13.8 Å². The van der Waals surface area contributed by atoms with Crippen molar-refractivity contribution in [1.82, 2.24) is 24.5 Å². The smallest absolute Gasteiger partial charge is 0.348 e. The molecule has 118 valence electrons. The summed E-state index contributed by atoms with van der Waals surface area (Å²) in [4.78, 5) is 28.1. The van der Waals surface area contributed by atoms with E-state index in [1.165, 1.54) is 0 Å². The SMILES string of the molecule is Cc1cc(C)n(CCNC(=O)c2cccc3ccnn23)c(=O)n1. The van der Waals surface area contributed by atoms with E-state index in [4.69, 9.17) is 0 Å². The summed E-state index contributed by atoms with van der Waals surface area (Å²) in [5.74, 6) is -0.231. The van der Waals surface area contributed by atoms with Crippen LogP contribution in [0.15, 0.2) is 41.3 Å². The van der Waals surface area contributed by atoms with Crippen molar-refractivity contribution in [1.29, 1.82) is 0 Å². The predicted molar refractivity (Wildman–Crippen MR) is 85.5 cm³/mol. The Morgan fingerprint density at radius 1 is 1.26 bits per heavy atom. The van der Waals surface area contributed by atoms with Crippen LogP contribution < -0.4 is 11.0 Å². The van der Waals surface area contributed by atoms with Crippen LogP contribution >= 0.6 is 0 Å². The standard InChI is InChI=1S/C16H17N5O2/c1-11-10-12(2)20(16(23)19-11)9-8-17-15(22)14-5-3-4-13-6-7-18-21(13)14/h3-7,10H,8-9H2,1-2H3,(H,17,22). The van der Waals surface area contributed by atoms with Gasteiger partial charge in [-0.1, -0.05) is 6.07 Å². The molecule has 0 aliphatic heterocycles. The van der Waals surface area contributed by atoms with Gasteiger partial charge in [0.1, 0.15) is 5.69 Å². The molecule has 0 radical (unpaired) electrons. The summed E-state index contributed by atoms with van der Waals surface area (Å²) in [5, 5.41) is 6.95. The molecule has 1 amide bonds. The monoisotopic (exact) mass is 311 g/mol. The van der Waals surface area contributed by atoms with Gasteiger partial charge in [-0.2, -0.15) is 10.1 Å². The lowest BCUT2D eigenvalue weighted by molar-refractivity contribution is 0.0944. The Balaban J connectivity index is 1.71. The number of carbonyl (C=O) groups excluding carboxylic acids is 1. The number of aryl methyl sites for hydroxylation is 2. The second kappa shape index (κ2) is 6.04. The highest BCUT2D eigenvalue weighted by Gasteiger charge is 2.10. The normalized spacial score (nSPS) is 10.9. The number of carbonyl (C=O) groups is 1. The summed E-state index contributed by atoms with van der Waals surface area (Å²) in [6.07, 6.45) is 1.65. The molecule has 23 heavy (non-hydrogen) atoms. The molecule has 0 fully saturated rings. The van der Waals surface area contributed by atoms with Crippen molar-refractivity contribution in [3.05, 3.63) is 64.1 Å². The number of nitrogens with zero attached hydrogens (tertiary/aromatic N) is 4. The zero-order valence-electron chi connectivity index (χ0n) is 13.0. The molecular weight excluding hydrogens is 294 g/mol. The largest absolute Gasteiger partial charge is 0.349 e. The summed E-state index contributed by atoms with van der Waals surface area (Å²) < 4.78 is 3.13. The molecule has 0 aliphatic carbocycles. The molecule has 1 N–H and O–H groups in total. The molecule has 0 saturated heterocycles. The van der Waals surface area contributed by atoms with Gasteiger partial charge in [0.25, 0.3) is 5.91 Å². The number of pyridine rings is 1. The van der Waals surface area contributed by atoms with Gasteiger partial charge in [-0.05, 0) is 38.1 Å². The lowest BCUT2D eigenvalue weighted by atomic mass is 10.3. The fraction of sp³-hybridized carbons (Fsp3) is 0.250. The van der Waals surface area contributed by atoms with Crippen LogP contribution in [0.5, 0.6) is 0 Å². The van der Waals surface area contributed by atoms with Crippen molar-refractivity contribution in [2.75, 3.05) is 6.54 Å². The average molecular weight is 311 g/mol. The van der Waals surface area contributed by atoms with E-state index in [9.17, 15) is 9.59 Å². The van der Waals surface area contributed by atoms with E-state index in [1.54, 1.807) is 28.3 Å². The van der Waals surface area contributed by atoms with E-state index in [0.29, 0.717) is 24.5 Å². The molecule has 0 aliphatic rings. The van der Waals surface area contributed by atoms with E-state index >= 15 is 0 Å². The molecule has 0 spiro atoms. The maximum absolute atomic E-state index is 12.3. The van der Waals surface area contributed by atoms with Gasteiger partial charge in [0, 0.05) is 24.5 Å². The number of hydrogen-bond acceptors (Lipinski definition) is 4. The molecular formula is C16H17N5O2. The number of hydrogen-bond donors (Lipinski definition) is 1. The van der Waals surface area contributed by atoms with Gasteiger partial charge in [-0.15, -0.1) is 0 Å². The minimum atomic E-state index is -0.300. The van der Waals surface area contributed by atoms with E-state index in [1.807, 2.05) is 31.2 Å². The zero-order chi connectivity index (χ0) is 16.4. The third-order valence-electron chi connectivity index (χ3n) is 3.62. The van der Waals surface area contributed by atoms with Crippen LogP contribution in [0.2, 0.25) is 0 Å². The first-order chi connectivity index (χ1) is 11.1. The summed E-state index contributed by atoms with van der Waals surface area (Å²) in [7, 11) is 0. The van der Waals surface area contributed by atoms with Gasteiger partial charge in [0.2, 0.25) is 0 Å². The topological polar surface area (TPSA) is 81.3 Å². The molecule has 0 unspecified atom stereocenters. The van der Waals surface area contributed by atoms with Gasteiger partial charge >= 0.3 is 5.69 Å². The van der Waals surface area contributed by atoms with Crippen LogP contribution in [0.25, 0.3) is 5.52 Å². The molecule has 3 heterocycles. The highest BCUT2D eigenvalue weighted by molar-refractivity contribution is 5.93. The van der Waals surface area contributed by atoms with Gasteiger partial charge in [0.05, 0.1) is 11.7 Å². The van der Waals surface area contributed by atoms with Crippen molar-refractivity contribution in [2.45, 2.75) is 20.4 Å². The first-order valence-corrected chi connectivity index (χ1v) is 7.32. The van der Waals surface area contributed by atoms with E-state index < -0.39 is 0 Å². The third kappa shape index (κ3) is 2.98. The van der Waals surface area contributed by atoms with Gasteiger partial charge in [-0.25, -0.2) is 9.31 Å². The molecule has 3 aromatic heterocycles. The minimum Gasteiger partial charge on any atom is -0.349 e. The molecule has 3 rings (SSSR count). The first kappa shape index (κ1) is 15.0. The second-order valence-electron chi connectivity index (χ2n) is 5.31. The maximum Gasteiger partial charge on any atom is 0.348 e. The van der Waals surface area contributed by atoms with Crippen molar-refractivity contribution in [3.8, 4) is 0 Å². The molecule has 0 atom stereocenters. The summed E-state index contributed by atoms with van der Waals surface area (Å²) in [6.45, 7) is 4.34. The number of aromatic nitrogens is 4. The Labute approximate surface area is 132 Å². The Bertz CT molecular complexity index is 926. The minimum absolute atomic E-state index is 0.231. The predicted octanol–water partition coefficient (Wildman–Crippen LogP) is 0.938. The molecule has 0 aromatic carbocycles. The van der Waals surface area contributed by atoms with E-state index in [-0.39, 0.29) is 11.6 Å². The van der Waals surface area contributed by atoms with Crippen molar-refractivity contribution >= 4 is 11.4 Å². The van der Waals surface area contributed by atoms with Crippen LogP contribution in [0.1, 0.15) is 21.9 Å². The molecule has 7 heteroatoms. The Kier molecular flexibility index (Phi) is 3.92. The lowest BCUT2D eigenvalue weighted by Gasteiger charge is -2.11. The summed E-state index contributed by atoms with van der Waals surface area (Å²) in [5.41, 5.74) is 2.53. The van der Waals surface area contributed by atoms with Crippen LogP contribution in [0.4, 0.5) is 0 Å². The number of rotatable bonds is 4. The fourth-order valence-electron chi connectivity index (χ4n) is 2.54. The summed E-state index contributed by atoms with van der Waals surface area (Å²) >= 11 is 0. The molecule has 0 bridgehead atoms. The van der Waals surface area contributed by atoms with E-state index in [2.05, 4.69) is 15.4 Å². The molecule has 0 saturated carbocycles. The summed E-state index contributed by atoms with van der Waals surface area (Å²) in [6, 6.07) is 9.07. The highest BCUT2D eigenvalue weighted by atomic mass is 16.2. The Morgan fingerprint density at radius 3 is 2.87 bits per heavy atom. The number of fused-ring (bicyclic) bond motifs is 1. The Morgan fingerprint density at radius 2 is 2.09 bits per heavy atom. The first-order valence-electron chi connectivity index (χ1n) is 7.32. The van der Waals surface area contributed by atoms with E-state index in [0.717, 1.165) is 11.2 Å². The quantitative estimate of drug-likeness (QED) is 0.777.